The summed E-state index contributed by atoms with van der Waals surface area (Å²) < 4.78 is 41.9. The molecule has 2 aromatic rings. The van der Waals surface area contributed by atoms with E-state index in [4.69, 9.17) is 5.73 Å². The first-order chi connectivity index (χ1) is 14.7. The quantitative estimate of drug-likeness (QED) is 0.799. The van der Waals surface area contributed by atoms with Gasteiger partial charge in [-0.05, 0) is 43.5 Å². The number of aromatic nitrogens is 2. The van der Waals surface area contributed by atoms with Crippen LogP contribution in [0.2, 0.25) is 0 Å². The van der Waals surface area contributed by atoms with Crippen molar-refractivity contribution in [2.45, 2.75) is 25.9 Å². The van der Waals surface area contributed by atoms with Crippen molar-refractivity contribution in [3.8, 4) is 6.07 Å². The lowest BCUT2D eigenvalue weighted by Gasteiger charge is -2.41. The second-order valence-corrected chi connectivity index (χ2v) is 9.16. The van der Waals surface area contributed by atoms with Crippen molar-refractivity contribution in [1.82, 2.24) is 14.9 Å². The van der Waals surface area contributed by atoms with Gasteiger partial charge in [-0.15, -0.1) is 0 Å². The van der Waals surface area contributed by atoms with Crippen molar-refractivity contribution >= 4 is 16.7 Å². The van der Waals surface area contributed by atoms with Crippen LogP contribution >= 0.6 is 0 Å². The summed E-state index contributed by atoms with van der Waals surface area (Å²) in [6.07, 6.45) is 0.679. The number of fused-ring (bicyclic) bond motifs is 1. The summed E-state index contributed by atoms with van der Waals surface area (Å²) >= 11 is 0. The fraction of sp³-hybridized carbons (Fsp3) is 0.591. The van der Waals surface area contributed by atoms with Crippen molar-refractivity contribution in [3.63, 3.8) is 0 Å². The monoisotopic (exact) mass is 432 g/mol. The van der Waals surface area contributed by atoms with Crippen molar-refractivity contribution in [2.75, 3.05) is 44.2 Å². The number of nitrogens with two attached hydrogens (primary N) is 1. The third kappa shape index (κ3) is 4.32. The van der Waals surface area contributed by atoms with E-state index in [-0.39, 0.29) is 18.5 Å². The molecule has 0 saturated carbocycles. The summed E-state index contributed by atoms with van der Waals surface area (Å²) in [5.41, 5.74) is 7.75. The predicted molar refractivity (Wildman–Crippen MR) is 112 cm³/mol. The zero-order chi connectivity index (χ0) is 22.2. The summed E-state index contributed by atoms with van der Waals surface area (Å²) in [6, 6.07) is 5.38. The van der Waals surface area contributed by atoms with Crippen molar-refractivity contribution in [1.29, 1.82) is 5.26 Å². The molecule has 9 heteroatoms. The second kappa shape index (κ2) is 8.24. The van der Waals surface area contributed by atoms with Crippen LogP contribution in [0.15, 0.2) is 24.5 Å². The van der Waals surface area contributed by atoms with Gasteiger partial charge in [-0.2, -0.15) is 18.4 Å². The van der Waals surface area contributed by atoms with Gasteiger partial charge in [0.2, 0.25) is 0 Å². The highest BCUT2D eigenvalue weighted by Gasteiger charge is 2.50. The average Bonchev–Trinajstić information content (AvgIpc) is 3.17. The molecular weight excluding hydrogens is 405 g/mol. The first kappa shape index (κ1) is 21.8. The van der Waals surface area contributed by atoms with Crippen LogP contribution in [0.5, 0.6) is 0 Å². The van der Waals surface area contributed by atoms with Gasteiger partial charge < -0.3 is 15.5 Å². The van der Waals surface area contributed by atoms with E-state index < -0.39 is 18.0 Å². The number of hydrogen-bond donors (Lipinski definition) is 1. The Morgan fingerprint density at radius 2 is 1.97 bits per heavy atom. The van der Waals surface area contributed by atoms with Gasteiger partial charge in [0.05, 0.1) is 17.2 Å². The van der Waals surface area contributed by atoms with Gasteiger partial charge in [-0.1, -0.05) is 6.92 Å². The van der Waals surface area contributed by atoms with E-state index in [1.807, 2.05) is 0 Å². The molecule has 4 rings (SSSR count). The van der Waals surface area contributed by atoms with Gasteiger partial charge in [-0.3, -0.25) is 9.97 Å². The van der Waals surface area contributed by atoms with Crippen LogP contribution in [-0.2, 0) is 0 Å². The minimum atomic E-state index is -4.28. The highest BCUT2D eigenvalue weighted by atomic mass is 19.4. The van der Waals surface area contributed by atoms with Gasteiger partial charge in [0, 0.05) is 44.5 Å². The topological polar surface area (TPSA) is 82.1 Å². The van der Waals surface area contributed by atoms with Gasteiger partial charge >= 0.3 is 6.18 Å². The van der Waals surface area contributed by atoms with Gasteiger partial charge in [0.25, 0.3) is 0 Å². The number of hydrogen-bond acceptors (Lipinski definition) is 6. The van der Waals surface area contributed by atoms with Crippen molar-refractivity contribution in [3.05, 3.63) is 30.1 Å². The van der Waals surface area contributed by atoms with E-state index in [0.717, 1.165) is 25.9 Å². The van der Waals surface area contributed by atoms with E-state index >= 15 is 0 Å². The lowest BCUT2D eigenvalue weighted by Crippen LogP contribution is -2.48. The highest BCUT2D eigenvalue weighted by Crippen LogP contribution is 2.41. The van der Waals surface area contributed by atoms with Crippen LogP contribution in [0.1, 0.15) is 25.3 Å². The maximum Gasteiger partial charge on any atom is 0.393 e. The Bertz CT molecular complexity index is 987. The zero-order valence-corrected chi connectivity index (χ0v) is 17.6. The number of piperidine rings is 1. The summed E-state index contributed by atoms with van der Waals surface area (Å²) in [6.45, 7) is 4.76. The van der Waals surface area contributed by atoms with Crippen LogP contribution in [-0.4, -0.2) is 60.3 Å². The molecule has 166 valence electrons. The number of benzene rings is 1. The Morgan fingerprint density at radius 3 is 2.65 bits per heavy atom. The first-order valence-electron chi connectivity index (χ1n) is 10.6. The summed E-state index contributed by atoms with van der Waals surface area (Å²) in [5, 5.41) is 9.33. The van der Waals surface area contributed by atoms with Crippen LogP contribution < -0.4 is 10.6 Å². The molecule has 0 spiro atoms. The molecule has 31 heavy (non-hydrogen) atoms. The molecule has 2 saturated heterocycles. The third-order valence-corrected chi connectivity index (χ3v) is 6.77. The Hall–Kier alpha value is -2.44. The fourth-order valence-corrected chi connectivity index (χ4v) is 5.09. The number of nitrogens with zero attached hydrogens (tertiary/aromatic N) is 5. The Balaban J connectivity index is 1.61. The molecule has 1 unspecified atom stereocenters. The lowest BCUT2D eigenvalue weighted by molar-refractivity contribution is -0.180. The van der Waals surface area contributed by atoms with E-state index in [1.165, 1.54) is 12.4 Å². The third-order valence-electron chi connectivity index (χ3n) is 6.77. The fourth-order valence-electron chi connectivity index (χ4n) is 5.09. The highest BCUT2D eigenvalue weighted by molar-refractivity contribution is 5.92. The van der Waals surface area contributed by atoms with Gasteiger partial charge in [-0.25, -0.2) is 0 Å². The molecule has 2 aliphatic rings. The van der Waals surface area contributed by atoms with Crippen LogP contribution in [0, 0.1) is 28.6 Å². The molecule has 6 nitrogen and oxygen atoms in total. The largest absolute Gasteiger partial charge is 0.393 e. The molecule has 0 amide bonds. The van der Waals surface area contributed by atoms with E-state index in [9.17, 15) is 18.4 Å². The minimum absolute atomic E-state index is 0.0385. The molecule has 0 bridgehead atoms. The summed E-state index contributed by atoms with van der Waals surface area (Å²) in [4.78, 5) is 12.5. The van der Waals surface area contributed by atoms with E-state index in [0.29, 0.717) is 35.4 Å². The molecule has 3 heterocycles. The molecule has 2 aliphatic heterocycles. The van der Waals surface area contributed by atoms with Crippen molar-refractivity contribution < 1.29 is 13.2 Å². The first-order valence-corrected chi connectivity index (χ1v) is 10.6. The van der Waals surface area contributed by atoms with Crippen LogP contribution in [0.3, 0.4) is 0 Å². The van der Waals surface area contributed by atoms with E-state index in [2.05, 4.69) is 27.9 Å². The number of rotatable bonds is 4. The smallest absolute Gasteiger partial charge is 0.369 e. The second-order valence-electron chi connectivity index (χ2n) is 9.16. The molecule has 1 aromatic heterocycles. The standard InChI is InChI=1S/C22H27F3N6/c1-21(13-27)5-2-8-30(14-21)10-16-11-31(12-17(16)22(23,24)25)18-4-3-15(9-26)19-20(18)29-7-6-28-19/h3-4,6-7,16-17H,2,5,8,10-14,27H2,1H3/t16-,17-,21?/m0/s1. The number of nitriles is 1. The lowest BCUT2D eigenvalue weighted by atomic mass is 9.81. The number of halogens is 3. The van der Waals surface area contributed by atoms with Gasteiger partial charge in [0.1, 0.15) is 17.1 Å². The molecule has 1 aromatic carbocycles. The average molecular weight is 432 g/mol. The molecule has 2 fully saturated rings. The summed E-state index contributed by atoms with van der Waals surface area (Å²) in [5.74, 6) is -1.96. The van der Waals surface area contributed by atoms with E-state index in [1.54, 1.807) is 17.0 Å². The minimum Gasteiger partial charge on any atom is -0.369 e. The molecule has 3 atom stereocenters. The molecule has 0 aliphatic carbocycles. The van der Waals surface area contributed by atoms with Crippen molar-refractivity contribution in [2.24, 2.45) is 23.0 Å². The predicted octanol–water partition coefficient (Wildman–Crippen LogP) is 3.18. The number of anilines is 1. The van der Waals surface area contributed by atoms with Gasteiger partial charge in [0.15, 0.2) is 0 Å². The zero-order valence-electron chi connectivity index (χ0n) is 17.6. The maximum absolute atomic E-state index is 14.0. The normalized spacial score (nSPS) is 27.5. The van der Waals surface area contributed by atoms with Crippen LogP contribution in [0.4, 0.5) is 18.9 Å². The maximum atomic E-state index is 14.0. The number of likely N-dealkylation sites (tertiary alicyclic amines) is 1. The molecular formula is C22H27F3N6. The van der Waals surface area contributed by atoms with Crippen LogP contribution in [0.25, 0.3) is 11.0 Å². The SMILES string of the molecule is CC1(CN)CCCN(C[C@H]2CN(c3ccc(C#N)c4nccnc34)C[C@@H]2C(F)(F)F)C1. The number of alkyl halides is 3. The Morgan fingerprint density at radius 1 is 1.23 bits per heavy atom. The Labute approximate surface area is 179 Å². The molecule has 0 radical (unpaired) electrons. The summed E-state index contributed by atoms with van der Waals surface area (Å²) in [7, 11) is 0. The Kier molecular flexibility index (Phi) is 5.79. The molecule has 2 N–H and O–H groups in total.